The smallest absolute Gasteiger partial charge is 0.165 e. The maximum absolute atomic E-state index is 12.1. The number of nitrogens with zero attached hydrogens (tertiary/aromatic N) is 1. The average molecular weight is 357 g/mol. The summed E-state index contributed by atoms with van der Waals surface area (Å²) in [5.41, 5.74) is 0.712. The van der Waals surface area contributed by atoms with Gasteiger partial charge in [0, 0.05) is 18.2 Å². The molecule has 2 bridgehead atoms. The Morgan fingerprint density at radius 2 is 2.04 bits per heavy atom. The number of benzene rings is 1. The van der Waals surface area contributed by atoms with Crippen molar-refractivity contribution >= 4 is 0 Å². The van der Waals surface area contributed by atoms with Crippen LogP contribution in [0.2, 0.25) is 0 Å². The molecular weight excluding hydrogens is 330 g/mol. The number of phenolic OH excluding ortho intramolecular Hbond substituents is 1. The van der Waals surface area contributed by atoms with E-state index in [0.717, 1.165) is 37.4 Å². The second-order valence-corrected chi connectivity index (χ2v) is 9.25. The molecule has 1 aromatic carbocycles. The fourth-order valence-electron chi connectivity index (χ4n) is 6.83. The van der Waals surface area contributed by atoms with Crippen molar-refractivity contribution in [2.45, 2.75) is 74.2 Å². The van der Waals surface area contributed by atoms with E-state index in [9.17, 15) is 15.3 Å². The van der Waals surface area contributed by atoms with Gasteiger partial charge >= 0.3 is 0 Å². The summed E-state index contributed by atoms with van der Waals surface area (Å²) in [7, 11) is 0. The van der Waals surface area contributed by atoms with Crippen LogP contribution in [0.3, 0.4) is 0 Å². The van der Waals surface area contributed by atoms with Crippen LogP contribution >= 0.6 is 0 Å². The third kappa shape index (κ3) is 1.64. The average Bonchev–Trinajstić information content (AvgIpc) is 2.93. The lowest BCUT2D eigenvalue weighted by Crippen LogP contribution is -2.77. The molecule has 0 amide bonds. The van der Waals surface area contributed by atoms with Crippen molar-refractivity contribution in [2.75, 3.05) is 13.1 Å². The lowest BCUT2D eigenvalue weighted by atomic mass is 9.48. The molecule has 140 valence electrons. The van der Waals surface area contributed by atoms with Gasteiger partial charge in [0.05, 0.1) is 17.1 Å². The van der Waals surface area contributed by atoms with Crippen LogP contribution in [-0.4, -0.2) is 57.2 Å². The predicted octanol–water partition coefficient (Wildman–Crippen LogP) is 1.71. The number of aliphatic hydroxyl groups is 2. The fourth-order valence-corrected chi connectivity index (χ4v) is 6.83. The summed E-state index contributed by atoms with van der Waals surface area (Å²) in [4.78, 5) is 2.53. The summed E-state index contributed by atoms with van der Waals surface area (Å²) in [5, 5.41) is 33.2. The van der Waals surface area contributed by atoms with Gasteiger partial charge in [0.1, 0.15) is 6.10 Å². The molecule has 26 heavy (non-hydrogen) atoms. The van der Waals surface area contributed by atoms with Crippen molar-refractivity contribution in [3.63, 3.8) is 0 Å². The Labute approximate surface area is 153 Å². The molecule has 5 atom stereocenters. The number of phenols is 1. The van der Waals surface area contributed by atoms with Gasteiger partial charge in [0.15, 0.2) is 11.5 Å². The Bertz CT molecular complexity index is 778. The zero-order valence-electron chi connectivity index (χ0n) is 15.0. The van der Waals surface area contributed by atoms with E-state index in [-0.39, 0.29) is 11.8 Å². The predicted molar refractivity (Wildman–Crippen MR) is 95.4 cm³/mol. The first kappa shape index (κ1) is 15.7. The van der Waals surface area contributed by atoms with Crippen LogP contribution in [-0.2, 0) is 11.8 Å². The molecule has 2 unspecified atom stereocenters. The number of likely N-dealkylation sites (tertiary alicyclic amines) is 1. The number of ether oxygens (including phenoxy) is 1. The minimum atomic E-state index is -0.884. The van der Waals surface area contributed by atoms with Crippen LogP contribution in [0.15, 0.2) is 12.1 Å². The van der Waals surface area contributed by atoms with Gasteiger partial charge in [0.25, 0.3) is 0 Å². The quantitative estimate of drug-likeness (QED) is 0.751. The van der Waals surface area contributed by atoms with Crippen molar-refractivity contribution in [3.8, 4) is 11.5 Å². The molecule has 5 aliphatic rings. The number of aliphatic hydroxyl groups excluding tert-OH is 1. The first-order valence-electron chi connectivity index (χ1n) is 10.2. The van der Waals surface area contributed by atoms with Crippen molar-refractivity contribution < 1.29 is 20.1 Å². The van der Waals surface area contributed by atoms with E-state index in [2.05, 4.69) is 4.90 Å². The number of aromatic hydroxyl groups is 1. The van der Waals surface area contributed by atoms with E-state index in [1.807, 2.05) is 6.07 Å². The number of hydrogen-bond donors (Lipinski definition) is 3. The summed E-state index contributed by atoms with van der Waals surface area (Å²) >= 11 is 0. The number of rotatable bonds is 2. The SMILES string of the molecule is Oc1ccc2c3c1OC1[C@@H](O)CCC4(O)[C@H](C2)N(CC2CCC2)CC[C@]314. The number of hydrogen-bond acceptors (Lipinski definition) is 5. The molecule has 1 saturated heterocycles. The van der Waals surface area contributed by atoms with Crippen molar-refractivity contribution in [1.82, 2.24) is 4.90 Å². The molecule has 2 saturated carbocycles. The molecule has 2 heterocycles. The van der Waals surface area contributed by atoms with Crippen LogP contribution in [0.25, 0.3) is 0 Å². The fraction of sp³-hybridized carbons (Fsp3) is 0.714. The van der Waals surface area contributed by atoms with Crippen molar-refractivity contribution in [1.29, 1.82) is 0 Å². The lowest BCUT2D eigenvalue weighted by molar-refractivity contribution is -0.209. The van der Waals surface area contributed by atoms with Gasteiger partial charge in [-0.1, -0.05) is 12.5 Å². The lowest BCUT2D eigenvalue weighted by Gasteiger charge is -2.64. The highest BCUT2D eigenvalue weighted by atomic mass is 16.5. The molecule has 1 spiro atoms. The van der Waals surface area contributed by atoms with Crippen LogP contribution in [0, 0.1) is 5.92 Å². The second-order valence-electron chi connectivity index (χ2n) is 9.25. The highest BCUT2D eigenvalue weighted by Gasteiger charge is 2.72. The van der Waals surface area contributed by atoms with E-state index in [0.29, 0.717) is 18.6 Å². The Hall–Kier alpha value is -1.30. The third-order valence-electron chi connectivity index (χ3n) is 8.26. The van der Waals surface area contributed by atoms with E-state index in [1.165, 1.54) is 24.8 Å². The third-order valence-corrected chi connectivity index (χ3v) is 8.26. The molecule has 5 nitrogen and oxygen atoms in total. The van der Waals surface area contributed by atoms with Crippen LogP contribution in [0.5, 0.6) is 11.5 Å². The summed E-state index contributed by atoms with van der Waals surface area (Å²) in [6.45, 7) is 2.02. The maximum atomic E-state index is 12.1. The van der Waals surface area contributed by atoms with E-state index < -0.39 is 23.2 Å². The minimum absolute atomic E-state index is 0.0819. The van der Waals surface area contributed by atoms with Gasteiger partial charge in [-0.3, -0.25) is 4.90 Å². The molecule has 6 rings (SSSR count). The topological polar surface area (TPSA) is 73.2 Å². The van der Waals surface area contributed by atoms with Crippen LogP contribution < -0.4 is 4.74 Å². The zero-order chi connectivity index (χ0) is 17.7. The standard InChI is InChI=1S/C21H27NO4/c23-14-5-4-13-10-16-21(25)7-6-15(24)19-20(21,17(13)18(14)26-19)8-9-22(16)11-12-2-1-3-12/h4-5,12,15-16,19,23-25H,1-3,6-11H2/t15-,16-,19?,20-,21?/m0/s1. The Balaban J connectivity index is 1.52. The normalized spacial score (nSPS) is 43.5. The monoisotopic (exact) mass is 357 g/mol. The molecule has 3 N–H and O–H groups in total. The first-order chi connectivity index (χ1) is 12.5. The molecule has 3 aliphatic carbocycles. The van der Waals surface area contributed by atoms with Gasteiger partial charge in [-0.25, -0.2) is 0 Å². The van der Waals surface area contributed by atoms with Gasteiger partial charge in [-0.15, -0.1) is 0 Å². The summed E-state index contributed by atoms with van der Waals surface area (Å²) in [6.07, 6.45) is 5.68. The Morgan fingerprint density at radius 1 is 1.19 bits per heavy atom. The van der Waals surface area contributed by atoms with Gasteiger partial charge in [-0.05, 0) is 62.6 Å². The first-order valence-corrected chi connectivity index (χ1v) is 10.2. The second kappa shape index (κ2) is 4.94. The minimum Gasteiger partial charge on any atom is -0.504 e. The van der Waals surface area contributed by atoms with E-state index in [1.54, 1.807) is 6.07 Å². The summed E-state index contributed by atoms with van der Waals surface area (Å²) in [5.74, 6) is 1.42. The van der Waals surface area contributed by atoms with E-state index in [4.69, 9.17) is 4.74 Å². The van der Waals surface area contributed by atoms with Crippen LogP contribution in [0.4, 0.5) is 0 Å². The Kier molecular flexibility index (Phi) is 2.99. The molecule has 1 aromatic rings. The van der Waals surface area contributed by atoms with Crippen LogP contribution in [0.1, 0.15) is 49.7 Å². The maximum Gasteiger partial charge on any atom is 0.165 e. The van der Waals surface area contributed by atoms with Crippen molar-refractivity contribution in [3.05, 3.63) is 23.3 Å². The molecule has 5 heteroatoms. The molecule has 0 radical (unpaired) electrons. The highest BCUT2D eigenvalue weighted by Crippen LogP contribution is 2.65. The van der Waals surface area contributed by atoms with Crippen molar-refractivity contribution in [2.24, 2.45) is 5.92 Å². The largest absolute Gasteiger partial charge is 0.504 e. The molecule has 0 aromatic heterocycles. The highest BCUT2D eigenvalue weighted by molar-refractivity contribution is 5.62. The summed E-state index contributed by atoms with van der Waals surface area (Å²) in [6, 6.07) is 3.80. The molecule has 2 aliphatic heterocycles. The zero-order valence-corrected chi connectivity index (χ0v) is 15.0. The van der Waals surface area contributed by atoms with Gasteiger partial charge in [0.2, 0.25) is 0 Å². The molecule has 3 fully saturated rings. The van der Waals surface area contributed by atoms with Gasteiger partial charge < -0.3 is 20.1 Å². The summed E-state index contributed by atoms with van der Waals surface area (Å²) < 4.78 is 6.16. The van der Waals surface area contributed by atoms with Gasteiger partial charge in [-0.2, -0.15) is 0 Å². The Morgan fingerprint density at radius 3 is 2.81 bits per heavy atom. The molecular formula is C21H27NO4. The van der Waals surface area contributed by atoms with E-state index >= 15 is 0 Å². The number of piperidine rings is 1.